The van der Waals surface area contributed by atoms with Crippen LogP contribution in [0.4, 0.5) is 0 Å². The molecular weight excluding hydrogens is 859 g/mol. The van der Waals surface area contributed by atoms with Crippen molar-refractivity contribution < 1.29 is 13.3 Å². The largest absolute Gasteiger partial charge is 0.456 e. The fraction of sp³-hybridized carbons (Fsp3) is 0.0156. The van der Waals surface area contributed by atoms with Gasteiger partial charge in [-0.25, -0.2) is 15.0 Å². The molecular formula is C64H35N3O3. The van der Waals surface area contributed by atoms with Crippen LogP contribution in [-0.2, 0) is 5.41 Å². The van der Waals surface area contributed by atoms with Gasteiger partial charge in [0.05, 0.1) is 5.41 Å². The average Bonchev–Trinajstić information content (AvgIpc) is 4.23. The van der Waals surface area contributed by atoms with Gasteiger partial charge in [-0.3, -0.25) is 0 Å². The number of aromatic nitrogens is 3. The van der Waals surface area contributed by atoms with Crippen LogP contribution in [0.3, 0.4) is 0 Å². The zero-order valence-corrected chi connectivity index (χ0v) is 37.3. The number of para-hydroxylation sites is 2. The molecule has 10 aromatic carbocycles. The summed E-state index contributed by atoms with van der Waals surface area (Å²) in [5, 5.41) is 5.97. The summed E-state index contributed by atoms with van der Waals surface area (Å²) in [5.74, 6) is 1.60. The van der Waals surface area contributed by atoms with Crippen LogP contribution >= 0.6 is 0 Å². The van der Waals surface area contributed by atoms with Gasteiger partial charge < -0.3 is 13.3 Å². The molecule has 14 aromatic rings. The van der Waals surface area contributed by atoms with Gasteiger partial charge in [-0.05, 0) is 110 Å². The molecule has 0 fully saturated rings. The van der Waals surface area contributed by atoms with Gasteiger partial charge in [0, 0.05) is 49.0 Å². The summed E-state index contributed by atoms with van der Waals surface area (Å²) in [5.41, 5.74) is 19.5. The highest BCUT2D eigenvalue weighted by atomic mass is 16.3. The van der Waals surface area contributed by atoms with Crippen molar-refractivity contribution in [2.24, 2.45) is 0 Å². The molecule has 0 amide bonds. The van der Waals surface area contributed by atoms with E-state index < -0.39 is 5.41 Å². The van der Waals surface area contributed by atoms with Crippen molar-refractivity contribution in [2.45, 2.75) is 5.41 Å². The first-order chi connectivity index (χ1) is 34.7. The smallest absolute Gasteiger partial charge is 0.164 e. The zero-order chi connectivity index (χ0) is 45.7. The van der Waals surface area contributed by atoms with E-state index in [1.54, 1.807) is 0 Å². The molecule has 0 atom stereocenters. The molecule has 324 valence electrons. The van der Waals surface area contributed by atoms with Crippen molar-refractivity contribution in [2.75, 3.05) is 0 Å². The predicted octanol–water partition coefficient (Wildman–Crippen LogP) is 16.6. The Hall–Kier alpha value is -9.39. The summed E-state index contributed by atoms with van der Waals surface area (Å²) in [4.78, 5) is 15.9. The third-order valence-electron chi connectivity index (χ3n) is 15.0. The van der Waals surface area contributed by atoms with Crippen LogP contribution < -0.4 is 0 Å². The van der Waals surface area contributed by atoms with E-state index in [1.807, 2.05) is 66.7 Å². The summed E-state index contributed by atoms with van der Waals surface area (Å²) in [6, 6.07) is 75.0. The lowest BCUT2D eigenvalue weighted by Gasteiger charge is -2.30. The molecule has 4 heterocycles. The van der Waals surface area contributed by atoms with Crippen LogP contribution in [0.15, 0.2) is 226 Å². The van der Waals surface area contributed by atoms with E-state index in [9.17, 15) is 0 Å². The molecule has 0 saturated carbocycles. The molecule has 16 rings (SSSR count). The highest BCUT2D eigenvalue weighted by Gasteiger charge is 2.51. The Morgan fingerprint density at radius 3 is 1.39 bits per heavy atom. The Bertz CT molecular complexity index is 4530. The van der Waals surface area contributed by atoms with Gasteiger partial charge >= 0.3 is 0 Å². The number of hydrogen-bond acceptors (Lipinski definition) is 6. The molecule has 2 aliphatic carbocycles. The minimum atomic E-state index is -0.395. The molecule has 0 N–H and O–H groups in total. The maximum absolute atomic E-state index is 6.66. The molecule has 0 aliphatic heterocycles. The SMILES string of the molecule is c1ccc2c(c1)-c1ccccc1C21c2ccccc2-c2cc(-c3ccc4oc5cccc(-c6nc(-c7ccc8c(c7)oc7ccccc78)nc(-c7cccc8oc9ccccc9c78)n6)c5c4c3)ccc21. The second kappa shape index (κ2) is 13.8. The summed E-state index contributed by atoms with van der Waals surface area (Å²) in [7, 11) is 0. The Labute approximate surface area is 399 Å². The van der Waals surface area contributed by atoms with E-state index in [1.165, 1.54) is 44.5 Å². The van der Waals surface area contributed by atoms with Gasteiger partial charge in [-0.1, -0.05) is 158 Å². The fourth-order valence-corrected chi connectivity index (χ4v) is 12.0. The number of nitrogens with zero attached hydrogens (tertiary/aromatic N) is 3. The quantitative estimate of drug-likeness (QED) is 0.175. The highest BCUT2D eigenvalue weighted by Crippen LogP contribution is 2.63. The number of furan rings is 3. The van der Waals surface area contributed by atoms with Crippen LogP contribution in [0.2, 0.25) is 0 Å². The molecule has 70 heavy (non-hydrogen) atoms. The predicted molar refractivity (Wildman–Crippen MR) is 280 cm³/mol. The summed E-state index contributed by atoms with van der Waals surface area (Å²) >= 11 is 0. The molecule has 0 bridgehead atoms. The van der Waals surface area contributed by atoms with Crippen molar-refractivity contribution in [1.29, 1.82) is 0 Å². The van der Waals surface area contributed by atoms with E-state index in [0.29, 0.717) is 17.5 Å². The van der Waals surface area contributed by atoms with Crippen molar-refractivity contribution in [1.82, 2.24) is 15.0 Å². The first-order valence-electron chi connectivity index (χ1n) is 23.7. The summed E-state index contributed by atoms with van der Waals surface area (Å²) in [6.07, 6.45) is 0. The summed E-state index contributed by atoms with van der Waals surface area (Å²) < 4.78 is 19.4. The number of fused-ring (bicyclic) bond motifs is 19. The minimum Gasteiger partial charge on any atom is -0.456 e. The van der Waals surface area contributed by atoms with Crippen molar-refractivity contribution in [3.05, 3.63) is 235 Å². The normalized spacial score (nSPS) is 13.3. The number of hydrogen-bond donors (Lipinski definition) is 0. The Balaban J connectivity index is 0.892. The van der Waals surface area contributed by atoms with Crippen LogP contribution in [-0.4, -0.2) is 15.0 Å². The second-order valence-corrected chi connectivity index (χ2v) is 18.5. The van der Waals surface area contributed by atoms with E-state index >= 15 is 0 Å². The average molecular weight is 894 g/mol. The van der Waals surface area contributed by atoms with Crippen LogP contribution in [0.25, 0.3) is 133 Å². The van der Waals surface area contributed by atoms with Gasteiger partial charge in [0.2, 0.25) is 0 Å². The van der Waals surface area contributed by atoms with Gasteiger partial charge in [-0.15, -0.1) is 0 Å². The maximum Gasteiger partial charge on any atom is 0.164 e. The lowest BCUT2D eigenvalue weighted by atomic mass is 9.70. The lowest BCUT2D eigenvalue weighted by Crippen LogP contribution is -2.25. The molecule has 0 saturated heterocycles. The third kappa shape index (κ3) is 5.03. The van der Waals surface area contributed by atoms with Crippen molar-refractivity contribution in [3.63, 3.8) is 0 Å². The molecule has 6 heteroatoms. The first-order valence-corrected chi connectivity index (χ1v) is 23.7. The first kappa shape index (κ1) is 37.7. The Morgan fingerprint density at radius 1 is 0.257 bits per heavy atom. The molecule has 2 aliphatic rings. The fourth-order valence-electron chi connectivity index (χ4n) is 12.0. The molecule has 0 radical (unpaired) electrons. The standard InChI is InChI=1S/C64H35N3O3/c1-6-20-49-39(13-1)40-14-2-7-21-50(40)64(49)51-22-8-3-15-41(51)47-33-36(28-31-52(47)64)37-29-32-55-48(34-37)60-46(19-12-26-57(60)69-55)63-66-61(38-27-30-43-42-16-4-9-23-53(42)70-58(43)35-38)65-62(67-63)45-18-11-25-56-59(45)44-17-5-10-24-54(44)68-56/h1-35H. The number of benzene rings is 10. The van der Waals surface area contributed by atoms with Crippen molar-refractivity contribution >= 4 is 65.8 Å². The molecule has 6 nitrogen and oxygen atoms in total. The van der Waals surface area contributed by atoms with E-state index in [4.69, 9.17) is 28.2 Å². The van der Waals surface area contributed by atoms with Gasteiger partial charge in [-0.2, -0.15) is 0 Å². The van der Waals surface area contributed by atoms with E-state index in [2.05, 4.69) is 146 Å². The highest BCUT2D eigenvalue weighted by molar-refractivity contribution is 6.14. The molecule has 1 spiro atoms. The number of rotatable bonds is 4. The van der Waals surface area contributed by atoms with Crippen LogP contribution in [0.1, 0.15) is 22.3 Å². The van der Waals surface area contributed by atoms with Crippen LogP contribution in [0, 0.1) is 0 Å². The second-order valence-electron chi connectivity index (χ2n) is 18.5. The lowest BCUT2D eigenvalue weighted by molar-refractivity contribution is 0.668. The monoisotopic (exact) mass is 893 g/mol. The van der Waals surface area contributed by atoms with Crippen LogP contribution in [0.5, 0.6) is 0 Å². The van der Waals surface area contributed by atoms with Gasteiger partial charge in [0.15, 0.2) is 17.5 Å². The van der Waals surface area contributed by atoms with E-state index in [-0.39, 0.29) is 0 Å². The van der Waals surface area contributed by atoms with Gasteiger partial charge in [0.1, 0.15) is 33.5 Å². The third-order valence-corrected chi connectivity index (χ3v) is 15.0. The van der Waals surface area contributed by atoms with E-state index in [0.717, 1.165) is 93.6 Å². The van der Waals surface area contributed by atoms with Crippen molar-refractivity contribution in [3.8, 4) is 67.5 Å². The summed E-state index contributed by atoms with van der Waals surface area (Å²) in [6.45, 7) is 0. The zero-order valence-electron chi connectivity index (χ0n) is 37.3. The Kier molecular flexibility index (Phi) is 7.45. The Morgan fingerprint density at radius 2 is 0.700 bits per heavy atom. The maximum atomic E-state index is 6.66. The molecule has 4 aromatic heterocycles. The van der Waals surface area contributed by atoms with Gasteiger partial charge in [0.25, 0.3) is 0 Å². The topological polar surface area (TPSA) is 78.1 Å². The molecule has 0 unspecified atom stereocenters. The minimum absolute atomic E-state index is 0.395.